The first kappa shape index (κ1) is 15.4. The molecule has 0 amide bonds. The van der Waals surface area contributed by atoms with Gasteiger partial charge in [0.15, 0.2) is 0 Å². The first-order valence-electron chi connectivity index (χ1n) is 8.64. The summed E-state index contributed by atoms with van der Waals surface area (Å²) in [6, 6.07) is 25.0. The second-order valence-corrected chi connectivity index (χ2v) is 6.41. The van der Waals surface area contributed by atoms with E-state index >= 15 is 0 Å². The van der Waals surface area contributed by atoms with Crippen molar-refractivity contribution in [2.45, 2.75) is 0 Å². The van der Waals surface area contributed by atoms with Crippen LogP contribution < -0.4 is 11.1 Å². The van der Waals surface area contributed by atoms with Crippen LogP contribution in [-0.2, 0) is 0 Å². The van der Waals surface area contributed by atoms with Crippen LogP contribution in [0.15, 0.2) is 88.5 Å². The number of rotatable bonds is 2. The van der Waals surface area contributed by atoms with E-state index in [-0.39, 0.29) is 16.6 Å². The summed E-state index contributed by atoms with van der Waals surface area (Å²) >= 11 is 0. The Labute approximate surface area is 153 Å². The van der Waals surface area contributed by atoms with Gasteiger partial charge in [0.05, 0.1) is 11.2 Å². The van der Waals surface area contributed by atoms with Crippen molar-refractivity contribution in [3.05, 3.63) is 99.6 Å². The first-order chi connectivity index (χ1) is 13.2. The van der Waals surface area contributed by atoms with Gasteiger partial charge in [-0.15, -0.1) is 0 Å². The van der Waals surface area contributed by atoms with E-state index < -0.39 is 0 Å². The minimum absolute atomic E-state index is 0.263. The van der Waals surface area contributed by atoms with Crippen LogP contribution in [0.5, 0.6) is 0 Å². The van der Waals surface area contributed by atoms with Crippen molar-refractivity contribution in [2.75, 3.05) is 0 Å². The van der Waals surface area contributed by atoms with Crippen LogP contribution in [0.25, 0.3) is 38.6 Å². The molecule has 0 unspecified atom stereocenters. The lowest BCUT2D eigenvalue weighted by molar-refractivity contribution is 0.864. The zero-order chi connectivity index (χ0) is 18.4. The molecule has 5 nitrogen and oxygen atoms in total. The van der Waals surface area contributed by atoms with E-state index in [2.05, 4.69) is 10.1 Å². The summed E-state index contributed by atoms with van der Waals surface area (Å²) in [5.74, 6) is 0. The Balaban J connectivity index is 1.70. The maximum Gasteiger partial charge on any atom is 0.295 e. The summed E-state index contributed by atoms with van der Waals surface area (Å²) in [5.41, 5.74) is 3.26. The fraction of sp³-hybridized carbons (Fsp3) is 0. The number of fused-ring (bicyclic) bond motifs is 3. The Hall–Kier alpha value is -3.86. The van der Waals surface area contributed by atoms with Gasteiger partial charge in [0, 0.05) is 10.8 Å². The van der Waals surface area contributed by atoms with Crippen LogP contribution in [0.2, 0.25) is 0 Å². The third-order valence-corrected chi connectivity index (χ3v) is 4.80. The topological polar surface area (TPSA) is 70.7 Å². The van der Waals surface area contributed by atoms with Gasteiger partial charge in [0.1, 0.15) is 5.52 Å². The van der Waals surface area contributed by atoms with Gasteiger partial charge in [-0.1, -0.05) is 60.7 Å². The highest BCUT2D eigenvalue weighted by atomic mass is 16.1. The molecule has 2 heterocycles. The Morgan fingerprint density at radius 3 is 2.00 bits per heavy atom. The second kappa shape index (κ2) is 5.85. The molecule has 0 aliphatic heterocycles. The van der Waals surface area contributed by atoms with Crippen molar-refractivity contribution in [3.8, 4) is 16.8 Å². The zero-order valence-electron chi connectivity index (χ0n) is 14.3. The van der Waals surface area contributed by atoms with Gasteiger partial charge < -0.3 is 4.98 Å². The van der Waals surface area contributed by atoms with Crippen molar-refractivity contribution >= 4 is 21.8 Å². The van der Waals surface area contributed by atoms with E-state index in [1.54, 1.807) is 12.1 Å². The SMILES string of the molecule is O=c1[nH]c2c(=O)n(-c3ccc(-c4ccccc4)cc3)[nH]c2c2ccccc12. The Morgan fingerprint density at radius 1 is 0.630 bits per heavy atom. The quantitative estimate of drug-likeness (QED) is 0.506. The molecule has 27 heavy (non-hydrogen) atoms. The summed E-state index contributed by atoms with van der Waals surface area (Å²) in [6.07, 6.45) is 0. The van der Waals surface area contributed by atoms with E-state index in [0.29, 0.717) is 16.6 Å². The summed E-state index contributed by atoms with van der Waals surface area (Å²) in [5, 5.41) is 4.43. The molecule has 0 fully saturated rings. The number of aromatic nitrogens is 3. The highest BCUT2D eigenvalue weighted by Gasteiger charge is 2.13. The second-order valence-electron chi connectivity index (χ2n) is 6.41. The van der Waals surface area contributed by atoms with E-state index in [1.165, 1.54) is 4.68 Å². The molecule has 5 rings (SSSR count). The molecule has 0 saturated carbocycles. The van der Waals surface area contributed by atoms with Crippen molar-refractivity contribution in [2.24, 2.45) is 0 Å². The summed E-state index contributed by atoms with van der Waals surface area (Å²) in [4.78, 5) is 27.8. The number of aromatic amines is 2. The smallest absolute Gasteiger partial charge is 0.295 e. The van der Waals surface area contributed by atoms with Gasteiger partial charge in [-0.05, 0) is 29.3 Å². The van der Waals surface area contributed by atoms with Crippen LogP contribution in [0, 0.1) is 0 Å². The van der Waals surface area contributed by atoms with Crippen molar-refractivity contribution in [1.82, 2.24) is 14.8 Å². The minimum Gasteiger partial charge on any atom is -0.315 e. The molecular formula is C22H15N3O2. The molecule has 2 N–H and O–H groups in total. The predicted octanol–water partition coefficient (Wildman–Crippen LogP) is 3.83. The van der Waals surface area contributed by atoms with Gasteiger partial charge in [0.2, 0.25) is 0 Å². The van der Waals surface area contributed by atoms with Crippen LogP contribution in [0.1, 0.15) is 0 Å². The van der Waals surface area contributed by atoms with E-state index in [1.807, 2.05) is 66.7 Å². The first-order valence-corrected chi connectivity index (χ1v) is 8.64. The average molecular weight is 353 g/mol. The van der Waals surface area contributed by atoms with Crippen LogP contribution in [0.4, 0.5) is 0 Å². The van der Waals surface area contributed by atoms with Crippen molar-refractivity contribution in [3.63, 3.8) is 0 Å². The molecule has 2 aromatic heterocycles. The molecule has 0 atom stereocenters. The molecule has 0 aliphatic rings. The van der Waals surface area contributed by atoms with Gasteiger partial charge in [0.25, 0.3) is 11.1 Å². The summed E-state index contributed by atoms with van der Waals surface area (Å²) in [7, 11) is 0. The fourth-order valence-corrected chi connectivity index (χ4v) is 3.44. The van der Waals surface area contributed by atoms with Crippen LogP contribution in [0.3, 0.4) is 0 Å². The molecular weight excluding hydrogens is 338 g/mol. The largest absolute Gasteiger partial charge is 0.315 e. The lowest BCUT2D eigenvalue weighted by atomic mass is 10.1. The van der Waals surface area contributed by atoms with E-state index in [9.17, 15) is 9.59 Å². The van der Waals surface area contributed by atoms with Crippen molar-refractivity contribution < 1.29 is 0 Å². The number of H-pyrrole nitrogens is 2. The Bertz CT molecular complexity index is 1390. The van der Waals surface area contributed by atoms with Crippen LogP contribution in [-0.4, -0.2) is 14.8 Å². The van der Waals surface area contributed by atoms with E-state index in [0.717, 1.165) is 16.5 Å². The molecule has 5 heteroatoms. The lowest BCUT2D eigenvalue weighted by Gasteiger charge is -2.04. The molecule has 0 bridgehead atoms. The monoisotopic (exact) mass is 353 g/mol. The number of nitrogens with zero attached hydrogens (tertiary/aromatic N) is 1. The molecule has 0 radical (unpaired) electrons. The molecule has 0 saturated heterocycles. The normalized spacial score (nSPS) is 11.3. The molecule has 130 valence electrons. The summed E-state index contributed by atoms with van der Waals surface area (Å²) < 4.78 is 1.46. The fourth-order valence-electron chi connectivity index (χ4n) is 3.44. The highest BCUT2D eigenvalue weighted by molar-refractivity contribution is 6.02. The highest BCUT2D eigenvalue weighted by Crippen LogP contribution is 2.21. The number of benzene rings is 3. The van der Waals surface area contributed by atoms with Gasteiger partial charge in [-0.25, -0.2) is 4.68 Å². The number of hydrogen-bond acceptors (Lipinski definition) is 2. The lowest BCUT2D eigenvalue weighted by Crippen LogP contribution is -2.16. The standard InChI is InChI=1S/C22H15N3O2/c26-21-18-9-5-4-8-17(18)19-20(23-21)22(27)25(24-19)16-12-10-15(11-13-16)14-6-2-1-3-7-14/h1-13,24H,(H,23,26). The molecule has 5 aromatic rings. The summed E-state index contributed by atoms with van der Waals surface area (Å²) in [6.45, 7) is 0. The Morgan fingerprint density at radius 2 is 1.26 bits per heavy atom. The number of pyridine rings is 1. The van der Waals surface area contributed by atoms with Gasteiger partial charge in [-0.2, -0.15) is 0 Å². The van der Waals surface area contributed by atoms with E-state index in [4.69, 9.17) is 0 Å². The third-order valence-electron chi connectivity index (χ3n) is 4.80. The molecule has 3 aromatic carbocycles. The number of hydrogen-bond donors (Lipinski definition) is 2. The predicted molar refractivity (Wildman–Crippen MR) is 107 cm³/mol. The maximum atomic E-state index is 12.8. The van der Waals surface area contributed by atoms with Gasteiger partial charge >= 0.3 is 0 Å². The molecule has 0 aliphatic carbocycles. The average Bonchev–Trinajstić information content (AvgIpc) is 3.06. The maximum absolute atomic E-state index is 12.8. The zero-order valence-corrected chi connectivity index (χ0v) is 14.3. The molecule has 0 spiro atoms. The van der Waals surface area contributed by atoms with Gasteiger partial charge in [-0.3, -0.25) is 14.7 Å². The number of nitrogens with one attached hydrogen (secondary N) is 2. The third kappa shape index (κ3) is 2.40. The Kier molecular flexibility index (Phi) is 3.33. The van der Waals surface area contributed by atoms with Crippen molar-refractivity contribution in [1.29, 1.82) is 0 Å². The van der Waals surface area contributed by atoms with Crippen LogP contribution >= 0.6 is 0 Å². The minimum atomic E-state index is -0.277.